The first-order valence-corrected chi connectivity index (χ1v) is 11.2. The molecule has 0 bridgehead atoms. The van der Waals surface area contributed by atoms with E-state index < -0.39 is 24.3 Å². The average molecular weight is 568 g/mol. The van der Waals surface area contributed by atoms with Crippen LogP contribution in [0.4, 0.5) is 32.0 Å². The molecular formula is C22H26F6N6O5. The van der Waals surface area contributed by atoms with Gasteiger partial charge in [-0.3, -0.25) is 24.3 Å². The fraction of sp³-hybridized carbons (Fsp3) is 0.500. The molecule has 2 aliphatic heterocycles. The summed E-state index contributed by atoms with van der Waals surface area (Å²) in [5.41, 5.74) is 1.99. The van der Waals surface area contributed by atoms with Gasteiger partial charge in [-0.25, -0.2) is 9.59 Å². The van der Waals surface area contributed by atoms with Crippen LogP contribution >= 0.6 is 0 Å². The minimum atomic E-state index is -5.08. The predicted molar refractivity (Wildman–Crippen MR) is 122 cm³/mol. The fourth-order valence-electron chi connectivity index (χ4n) is 3.98. The van der Waals surface area contributed by atoms with Crippen LogP contribution in [-0.4, -0.2) is 104 Å². The van der Waals surface area contributed by atoms with Crippen LogP contribution in [0.2, 0.25) is 0 Å². The highest BCUT2D eigenvalue weighted by atomic mass is 19.4. The lowest BCUT2D eigenvalue weighted by molar-refractivity contribution is -0.193. The second kappa shape index (κ2) is 12.4. The lowest BCUT2D eigenvalue weighted by atomic mass is 9.93. The summed E-state index contributed by atoms with van der Waals surface area (Å²) in [5, 5.41) is 18.5. The molecule has 11 nitrogen and oxygen atoms in total. The van der Waals surface area contributed by atoms with Crippen LogP contribution in [0.5, 0.6) is 0 Å². The number of halogens is 6. The van der Waals surface area contributed by atoms with Gasteiger partial charge in [-0.1, -0.05) is 6.07 Å². The van der Waals surface area contributed by atoms with Crippen LogP contribution < -0.4 is 4.90 Å². The van der Waals surface area contributed by atoms with E-state index in [1.807, 2.05) is 36.5 Å². The smallest absolute Gasteiger partial charge is 0.475 e. The number of aryl methyl sites for hydroxylation is 1. The van der Waals surface area contributed by atoms with Gasteiger partial charge in [-0.15, -0.1) is 0 Å². The van der Waals surface area contributed by atoms with Gasteiger partial charge < -0.3 is 15.1 Å². The Morgan fingerprint density at radius 1 is 1.03 bits per heavy atom. The number of nitrogens with zero attached hydrogens (tertiary/aromatic N) is 6. The van der Waals surface area contributed by atoms with E-state index in [9.17, 15) is 31.1 Å². The Hall–Kier alpha value is -3.73. The summed E-state index contributed by atoms with van der Waals surface area (Å²) in [4.78, 5) is 41.4. The van der Waals surface area contributed by atoms with Crippen molar-refractivity contribution in [3.8, 4) is 0 Å². The van der Waals surface area contributed by atoms with Crippen LogP contribution in [-0.2, 0) is 28.0 Å². The minimum Gasteiger partial charge on any atom is -0.475 e. The number of alkyl halides is 6. The topological polar surface area (TPSA) is 132 Å². The highest BCUT2D eigenvalue weighted by Crippen LogP contribution is 2.33. The van der Waals surface area contributed by atoms with Crippen molar-refractivity contribution in [2.75, 3.05) is 38.1 Å². The molecule has 2 fully saturated rings. The molecule has 216 valence electrons. The Balaban J connectivity index is 0.000000317. The second-order valence-electron chi connectivity index (χ2n) is 8.82. The predicted octanol–water partition coefficient (Wildman–Crippen LogP) is 2.00. The summed E-state index contributed by atoms with van der Waals surface area (Å²) in [6.07, 6.45) is -3.58. The monoisotopic (exact) mass is 568 g/mol. The maximum absolute atomic E-state index is 12.6. The van der Waals surface area contributed by atoms with Gasteiger partial charge in [0.1, 0.15) is 0 Å². The molecule has 39 heavy (non-hydrogen) atoms. The van der Waals surface area contributed by atoms with Crippen molar-refractivity contribution >= 4 is 23.5 Å². The Morgan fingerprint density at radius 3 is 2.08 bits per heavy atom. The van der Waals surface area contributed by atoms with Crippen molar-refractivity contribution in [2.45, 2.75) is 30.9 Å². The SMILES string of the molecule is CN1CC(=O)N(c2cnn(C)c2)CC12CCN(Cc1ccccn1)C2.O=C(O)C(F)(F)F.O=C(O)C(F)(F)F. The van der Waals surface area contributed by atoms with Crippen LogP contribution in [0.3, 0.4) is 0 Å². The third-order valence-corrected chi connectivity index (χ3v) is 5.95. The van der Waals surface area contributed by atoms with Crippen molar-refractivity contribution in [3.63, 3.8) is 0 Å². The number of hydrogen-bond donors (Lipinski definition) is 2. The summed E-state index contributed by atoms with van der Waals surface area (Å²) in [6.45, 7) is 4.00. The van der Waals surface area contributed by atoms with E-state index in [2.05, 4.69) is 33.0 Å². The molecule has 2 N–H and O–H groups in total. The molecule has 2 aromatic rings. The normalized spacial score (nSPS) is 20.2. The van der Waals surface area contributed by atoms with Crippen molar-refractivity contribution in [1.29, 1.82) is 0 Å². The summed E-state index contributed by atoms with van der Waals surface area (Å²) >= 11 is 0. The molecule has 1 atom stereocenters. The molecule has 0 radical (unpaired) electrons. The molecule has 4 rings (SSSR count). The maximum atomic E-state index is 12.6. The molecule has 1 unspecified atom stereocenters. The van der Waals surface area contributed by atoms with Crippen molar-refractivity contribution in [1.82, 2.24) is 24.6 Å². The first-order valence-electron chi connectivity index (χ1n) is 11.2. The number of amides is 1. The molecular weight excluding hydrogens is 542 g/mol. The number of carboxylic acids is 2. The van der Waals surface area contributed by atoms with Gasteiger partial charge in [0.2, 0.25) is 5.91 Å². The Morgan fingerprint density at radius 2 is 1.62 bits per heavy atom. The molecule has 1 spiro atoms. The standard InChI is InChI=1S/C18H24N6O.2C2HF3O2/c1-21-12-17(25)24(16-9-20-22(2)11-16)14-18(21)6-8-23(13-18)10-15-5-3-4-7-19-15;2*3-2(4,5)1(6)7/h3-5,7,9,11H,6,8,10,12-14H2,1-2H3;2*(H,6,7). The van der Waals surface area contributed by atoms with Crippen LogP contribution in [0.25, 0.3) is 0 Å². The minimum absolute atomic E-state index is 0.00146. The molecule has 0 aliphatic carbocycles. The molecule has 2 aliphatic rings. The Kier molecular flexibility index (Phi) is 10.0. The van der Waals surface area contributed by atoms with E-state index in [0.29, 0.717) is 13.1 Å². The van der Waals surface area contributed by atoms with Crippen LogP contribution in [0.15, 0.2) is 36.8 Å². The van der Waals surface area contributed by atoms with Gasteiger partial charge in [0.15, 0.2) is 0 Å². The van der Waals surface area contributed by atoms with Crippen molar-refractivity contribution in [3.05, 3.63) is 42.5 Å². The fourth-order valence-corrected chi connectivity index (χ4v) is 3.98. The molecule has 0 saturated carbocycles. The van der Waals surface area contributed by atoms with Crippen LogP contribution in [0, 0.1) is 0 Å². The quantitative estimate of drug-likeness (QED) is 0.534. The summed E-state index contributed by atoms with van der Waals surface area (Å²) in [7, 11) is 3.95. The number of rotatable bonds is 3. The number of carbonyl (C=O) groups excluding carboxylic acids is 1. The summed E-state index contributed by atoms with van der Waals surface area (Å²) in [6, 6.07) is 6.05. The number of likely N-dealkylation sites (tertiary alicyclic amines) is 1. The van der Waals surface area contributed by atoms with Gasteiger partial charge in [0.05, 0.1) is 29.7 Å². The molecule has 17 heteroatoms. The van der Waals surface area contributed by atoms with Crippen molar-refractivity contribution < 1.29 is 50.9 Å². The second-order valence-corrected chi connectivity index (χ2v) is 8.82. The van der Waals surface area contributed by atoms with E-state index in [-0.39, 0.29) is 11.4 Å². The third-order valence-electron chi connectivity index (χ3n) is 5.95. The van der Waals surface area contributed by atoms with E-state index in [1.165, 1.54) is 0 Å². The number of hydrogen-bond acceptors (Lipinski definition) is 7. The first-order chi connectivity index (χ1) is 17.9. The van der Waals surface area contributed by atoms with Crippen molar-refractivity contribution in [2.24, 2.45) is 7.05 Å². The number of carboxylic acid groups (broad SMARTS) is 2. The number of aliphatic carboxylic acids is 2. The van der Waals surface area contributed by atoms with E-state index in [1.54, 1.807) is 10.9 Å². The van der Waals surface area contributed by atoms with Gasteiger partial charge in [0, 0.05) is 45.6 Å². The summed E-state index contributed by atoms with van der Waals surface area (Å²) in [5.74, 6) is -5.37. The highest BCUT2D eigenvalue weighted by Gasteiger charge is 2.47. The van der Waals surface area contributed by atoms with Gasteiger partial charge in [-0.2, -0.15) is 31.4 Å². The molecule has 4 heterocycles. The van der Waals surface area contributed by atoms with E-state index in [0.717, 1.165) is 37.4 Å². The zero-order chi connectivity index (χ0) is 29.6. The maximum Gasteiger partial charge on any atom is 0.490 e. The average Bonchev–Trinajstić information content (AvgIpc) is 3.43. The van der Waals surface area contributed by atoms with Gasteiger partial charge >= 0.3 is 24.3 Å². The molecule has 2 aromatic heterocycles. The zero-order valence-corrected chi connectivity index (χ0v) is 20.8. The lowest BCUT2D eigenvalue weighted by Gasteiger charge is -2.46. The number of anilines is 1. The lowest BCUT2D eigenvalue weighted by Crippen LogP contribution is -2.64. The van der Waals surface area contributed by atoms with Gasteiger partial charge in [-0.05, 0) is 25.6 Å². The molecule has 1 amide bonds. The number of piperazine rings is 1. The Bertz CT molecular complexity index is 1120. The van der Waals surface area contributed by atoms with Crippen LogP contribution in [0.1, 0.15) is 12.1 Å². The third kappa shape index (κ3) is 8.91. The molecule has 0 aromatic carbocycles. The number of pyridine rings is 1. The number of likely N-dealkylation sites (N-methyl/N-ethyl adjacent to an activating group) is 1. The Labute approximate surface area is 218 Å². The van der Waals surface area contributed by atoms with E-state index >= 15 is 0 Å². The van der Waals surface area contributed by atoms with E-state index in [4.69, 9.17) is 19.8 Å². The summed E-state index contributed by atoms with van der Waals surface area (Å²) < 4.78 is 65.2. The first kappa shape index (κ1) is 31.5. The number of aromatic nitrogens is 3. The zero-order valence-electron chi connectivity index (χ0n) is 20.8. The number of carbonyl (C=O) groups is 3. The highest BCUT2D eigenvalue weighted by molar-refractivity contribution is 5.95. The molecule has 2 saturated heterocycles. The van der Waals surface area contributed by atoms with Gasteiger partial charge in [0.25, 0.3) is 0 Å². The largest absolute Gasteiger partial charge is 0.490 e.